The Morgan fingerprint density at radius 1 is 1.19 bits per heavy atom. The van der Waals surface area contributed by atoms with E-state index in [-0.39, 0.29) is 36.0 Å². The zero-order valence-electron chi connectivity index (χ0n) is 15.8. The summed E-state index contributed by atoms with van der Waals surface area (Å²) in [4.78, 5) is 26.4. The molecule has 1 saturated heterocycles. The van der Waals surface area contributed by atoms with Gasteiger partial charge in [0.1, 0.15) is 0 Å². The van der Waals surface area contributed by atoms with Crippen LogP contribution in [0.1, 0.15) is 41.8 Å². The summed E-state index contributed by atoms with van der Waals surface area (Å²) in [6.45, 7) is 7.77. The van der Waals surface area contributed by atoms with E-state index in [1.54, 1.807) is 17.0 Å². The largest absolute Gasteiger partial charge is 0.452 e. The Hall–Kier alpha value is -1.89. The van der Waals surface area contributed by atoms with Gasteiger partial charge in [-0.05, 0) is 38.3 Å². The van der Waals surface area contributed by atoms with Crippen molar-refractivity contribution in [3.63, 3.8) is 0 Å². The molecule has 1 unspecified atom stereocenters. The molecule has 1 aromatic rings. The maximum absolute atomic E-state index is 12.6. The fourth-order valence-corrected chi connectivity index (χ4v) is 4.99. The second-order valence-electron chi connectivity index (χ2n) is 7.45. The highest BCUT2D eigenvalue weighted by molar-refractivity contribution is 7.91. The molecule has 1 heterocycles. The second-order valence-corrected chi connectivity index (χ2v) is 9.68. The molecule has 1 amide bonds. The number of benzene rings is 1. The number of hydrogen-bond acceptors (Lipinski definition) is 5. The molecule has 26 heavy (non-hydrogen) atoms. The fraction of sp³-hybridized carbons (Fsp3) is 0.579. The predicted molar refractivity (Wildman–Crippen MR) is 99.8 cm³/mol. The van der Waals surface area contributed by atoms with Gasteiger partial charge in [-0.25, -0.2) is 13.2 Å². The van der Waals surface area contributed by atoms with Gasteiger partial charge in [-0.3, -0.25) is 4.79 Å². The number of carbonyl (C=O) groups is 2. The molecule has 1 atom stereocenters. The molecular formula is C19H27NO5S. The lowest BCUT2D eigenvalue weighted by molar-refractivity contribution is -0.137. The first-order chi connectivity index (χ1) is 12.1. The Bertz CT molecular complexity index is 765. The minimum absolute atomic E-state index is 0.0174. The Kier molecular flexibility index (Phi) is 6.44. The molecule has 1 fully saturated rings. The lowest BCUT2D eigenvalue weighted by Gasteiger charge is -2.29. The van der Waals surface area contributed by atoms with Crippen molar-refractivity contribution in [2.45, 2.75) is 40.2 Å². The summed E-state index contributed by atoms with van der Waals surface area (Å²) in [5, 5.41) is 0. The number of amides is 1. The highest BCUT2D eigenvalue weighted by Gasteiger charge is 2.35. The van der Waals surface area contributed by atoms with E-state index in [1.807, 2.05) is 33.8 Å². The van der Waals surface area contributed by atoms with Gasteiger partial charge < -0.3 is 9.64 Å². The SMILES string of the molecule is Cc1cc(C)cc(C(=O)OCC(=O)N(CC(C)C)C2CCS(=O)(=O)C2)c1. The van der Waals surface area contributed by atoms with Crippen LogP contribution in [0.4, 0.5) is 0 Å². The maximum atomic E-state index is 12.6. The van der Waals surface area contributed by atoms with Gasteiger partial charge in [0.05, 0.1) is 17.1 Å². The first kappa shape index (κ1) is 20.4. The molecule has 0 N–H and O–H groups in total. The normalized spacial score (nSPS) is 18.7. The number of esters is 1. The van der Waals surface area contributed by atoms with E-state index in [4.69, 9.17) is 4.74 Å². The topological polar surface area (TPSA) is 80.8 Å². The van der Waals surface area contributed by atoms with Crippen molar-refractivity contribution in [3.05, 3.63) is 34.9 Å². The van der Waals surface area contributed by atoms with Gasteiger partial charge in [0, 0.05) is 12.6 Å². The van der Waals surface area contributed by atoms with Crippen LogP contribution in [-0.4, -0.2) is 55.9 Å². The van der Waals surface area contributed by atoms with Crippen LogP contribution >= 0.6 is 0 Å². The van der Waals surface area contributed by atoms with Crippen LogP contribution in [0.15, 0.2) is 18.2 Å². The van der Waals surface area contributed by atoms with Crippen molar-refractivity contribution in [1.82, 2.24) is 4.90 Å². The van der Waals surface area contributed by atoms with Crippen LogP contribution < -0.4 is 0 Å². The van der Waals surface area contributed by atoms with Crippen LogP contribution in [0.3, 0.4) is 0 Å². The molecule has 0 aliphatic carbocycles. The molecule has 1 aliphatic rings. The van der Waals surface area contributed by atoms with Crippen LogP contribution in [0.25, 0.3) is 0 Å². The van der Waals surface area contributed by atoms with E-state index in [9.17, 15) is 18.0 Å². The second kappa shape index (κ2) is 8.20. The number of aryl methyl sites for hydroxylation is 2. The zero-order valence-corrected chi connectivity index (χ0v) is 16.6. The van der Waals surface area contributed by atoms with Gasteiger partial charge in [-0.15, -0.1) is 0 Å². The van der Waals surface area contributed by atoms with E-state index in [2.05, 4.69) is 0 Å². The van der Waals surface area contributed by atoms with Gasteiger partial charge in [0.25, 0.3) is 5.91 Å². The monoisotopic (exact) mass is 381 g/mol. The fourth-order valence-electron chi connectivity index (χ4n) is 3.26. The smallest absolute Gasteiger partial charge is 0.338 e. The summed E-state index contributed by atoms with van der Waals surface area (Å²) in [5.74, 6) is -0.622. The summed E-state index contributed by atoms with van der Waals surface area (Å²) in [5.41, 5.74) is 2.30. The number of nitrogens with zero attached hydrogens (tertiary/aromatic N) is 1. The van der Waals surface area contributed by atoms with E-state index in [0.717, 1.165) is 11.1 Å². The molecule has 2 rings (SSSR count). The van der Waals surface area contributed by atoms with Crippen molar-refractivity contribution in [3.8, 4) is 0 Å². The Morgan fingerprint density at radius 3 is 2.31 bits per heavy atom. The Labute approximate surface area is 155 Å². The van der Waals surface area contributed by atoms with Crippen molar-refractivity contribution in [2.24, 2.45) is 5.92 Å². The number of sulfone groups is 1. The average Bonchev–Trinajstić information content (AvgIpc) is 2.88. The minimum Gasteiger partial charge on any atom is -0.452 e. The third-order valence-corrected chi connectivity index (χ3v) is 6.07. The molecule has 7 heteroatoms. The zero-order chi connectivity index (χ0) is 19.5. The molecule has 0 spiro atoms. The summed E-state index contributed by atoms with van der Waals surface area (Å²) in [6, 6.07) is 5.05. The molecule has 6 nitrogen and oxygen atoms in total. The van der Waals surface area contributed by atoms with Gasteiger partial charge >= 0.3 is 5.97 Å². The molecule has 0 aromatic heterocycles. The van der Waals surface area contributed by atoms with Crippen molar-refractivity contribution < 1.29 is 22.7 Å². The third kappa shape index (κ3) is 5.56. The Balaban J connectivity index is 2.03. The highest BCUT2D eigenvalue weighted by atomic mass is 32.2. The van der Waals surface area contributed by atoms with E-state index < -0.39 is 15.8 Å². The summed E-state index contributed by atoms with van der Waals surface area (Å²) < 4.78 is 28.7. The molecule has 1 aromatic carbocycles. The van der Waals surface area contributed by atoms with E-state index in [0.29, 0.717) is 18.5 Å². The lowest BCUT2D eigenvalue weighted by Crippen LogP contribution is -2.45. The first-order valence-corrected chi connectivity index (χ1v) is 10.6. The molecule has 0 radical (unpaired) electrons. The molecule has 0 bridgehead atoms. The number of hydrogen-bond donors (Lipinski definition) is 0. The van der Waals surface area contributed by atoms with Crippen LogP contribution in [0.2, 0.25) is 0 Å². The van der Waals surface area contributed by atoms with Crippen LogP contribution in [0.5, 0.6) is 0 Å². The van der Waals surface area contributed by atoms with Crippen LogP contribution in [-0.2, 0) is 19.4 Å². The molecular weight excluding hydrogens is 354 g/mol. The molecule has 1 aliphatic heterocycles. The van der Waals surface area contributed by atoms with Gasteiger partial charge in [0.2, 0.25) is 0 Å². The van der Waals surface area contributed by atoms with Crippen molar-refractivity contribution >= 4 is 21.7 Å². The van der Waals surface area contributed by atoms with Gasteiger partial charge in [-0.2, -0.15) is 0 Å². The number of rotatable bonds is 6. The lowest BCUT2D eigenvalue weighted by atomic mass is 10.1. The van der Waals surface area contributed by atoms with Crippen molar-refractivity contribution in [2.75, 3.05) is 24.7 Å². The number of ether oxygens (including phenoxy) is 1. The van der Waals surface area contributed by atoms with Gasteiger partial charge in [0.15, 0.2) is 16.4 Å². The molecule has 0 saturated carbocycles. The summed E-state index contributed by atoms with van der Waals surface area (Å²) in [6.07, 6.45) is 0.436. The van der Waals surface area contributed by atoms with Gasteiger partial charge in [-0.1, -0.05) is 31.0 Å². The van der Waals surface area contributed by atoms with E-state index >= 15 is 0 Å². The molecule has 144 valence electrons. The van der Waals surface area contributed by atoms with E-state index in [1.165, 1.54) is 0 Å². The summed E-state index contributed by atoms with van der Waals surface area (Å²) in [7, 11) is -3.10. The third-order valence-electron chi connectivity index (χ3n) is 4.32. The minimum atomic E-state index is -3.10. The Morgan fingerprint density at radius 2 is 1.81 bits per heavy atom. The van der Waals surface area contributed by atoms with Crippen LogP contribution in [0, 0.1) is 19.8 Å². The average molecular weight is 381 g/mol. The number of carbonyl (C=O) groups excluding carboxylic acids is 2. The van der Waals surface area contributed by atoms with Crippen molar-refractivity contribution in [1.29, 1.82) is 0 Å². The maximum Gasteiger partial charge on any atom is 0.338 e. The predicted octanol–water partition coefficient (Wildman–Crippen LogP) is 2.13. The standard InChI is InChI=1S/C19H27NO5S/c1-13(2)10-20(17-5-6-26(23,24)12-17)18(21)11-25-19(22)16-8-14(3)7-15(4)9-16/h7-9,13,17H,5-6,10-12H2,1-4H3. The first-order valence-electron chi connectivity index (χ1n) is 8.82. The quantitative estimate of drug-likeness (QED) is 0.705. The summed E-state index contributed by atoms with van der Waals surface area (Å²) >= 11 is 0. The highest BCUT2D eigenvalue weighted by Crippen LogP contribution is 2.19.